The SMILES string of the molecule is C.C.C.C.CC(=O)c1nn(CC(=O)N2C[C@@H](O)C[C@H]2C(=O)Nc2cccc(Br)n2)c2ccc(-c3cnc(C)nc3)cc12.CC(=O)c1nn(CC(=O)O)c2cc(-c3cnc(C)nc3)ccc12.CC(C)(C)OC(=O)N1C[C@@H](O)C[C@H]1C(=O)Nc1cccc(Br)n1.CC(C)(C)OC(=O)N1C[C@@H](O)C[C@H]1C(=O)O.Cl.Nc1cccc(Br)n1.O=C(Cc1cccc(Br)n1)[C@@H]1C[C@H](O)CN1.S.S=S.S=S=S. The van der Waals surface area contributed by atoms with Gasteiger partial charge in [0.25, 0.3) is 0 Å². The van der Waals surface area contributed by atoms with Crippen molar-refractivity contribution in [2.45, 2.75) is 204 Å². The zero-order valence-corrected chi connectivity index (χ0v) is 84.2. The van der Waals surface area contributed by atoms with Crippen LogP contribution in [-0.2, 0) is 111 Å². The van der Waals surface area contributed by atoms with Crippen molar-refractivity contribution in [3.05, 3.63) is 181 Å². The van der Waals surface area contributed by atoms with E-state index in [1.165, 1.54) is 33.0 Å². The number of carbonyl (C=O) groups is 10. The van der Waals surface area contributed by atoms with Crippen molar-refractivity contribution in [1.82, 2.24) is 79.4 Å². The van der Waals surface area contributed by atoms with Crippen molar-refractivity contribution in [1.29, 1.82) is 0 Å². The van der Waals surface area contributed by atoms with Crippen molar-refractivity contribution < 1.29 is 88.1 Å². The molecule has 14 rings (SSSR count). The molecule has 0 bridgehead atoms. The Kier molecular flexibility index (Phi) is 53.1. The van der Waals surface area contributed by atoms with Crippen molar-refractivity contribution in [3.8, 4) is 22.3 Å². The second-order valence-corrected chi connectivity index (χ2v) is 36.0. The summed E-state index contributed by atoms with van der Waals surface area (Å²) in [5.41, 5.74) is 9.67. The van der Waals surface area contributed by atoms with Crippen molar-refractivity contribution in [2.24, 2.45) is 0 Å². The summed E-state index contributed by atoms with van der Waals surface area (Å²) in [5, 5.41) is 74.8. The van der Waals surface area contributed by atoms with E-state index < -0.39 is 95.6 Å². The number of anilines is 3. The number of carbonyl (C=O) groups excluding carboxylic acids is 8. The molecule has 0 radical (unpaired) electrons. The number of aliphatic hydroxyl groups is 4. The smallest absolute Gasteiger partial charge is 0.411 e. The van der Waals surface area contributed by atoms with Gasteiger partial charge >= 0.3 is 24.1 Å². The minimum absolute atomic E-state index is 0. The standard InChI is InChI=1S/C26H24BrN7O4.C16H14N4O3.C15H20BrN3O4.C11H13BrN2O2.C10H17NO5.C5H5BrN2.4CH4.ClH.S3.S2.H2S/c1-14(35)25-19-8-16(17-10-28-15(2)29-11-17)6-7-20(19)34(32-25)13-24(37)33-12-18(36)9-21(33)26(38)31-23-5-3-4-22(27)30-23;1-9(21)16-13-4-3-11(12-6-17-10(2)18-7-12)5-14(13)20(19-16)8-15(22)23;1-15(2,3)23-14(22)19-8-9(20)7-10(19)13(21)18-12-6-4-5-11(16)17-12;12-11-3-1-2-7(14-11)4-10(16)9-5-8(15)6-13-9;1-10(2,3)16-9(15)11-5-6(12)4-7(11)8(13)14;6-4-2-1-3-5(7)8-4;;;;;;1-3-2;1-2;/h3-8,10-11,18,21,36H,9,12-13H2,1-2H3,(H,30,31,38);3-7H,8H2,1-2H3,(H,22,23);4-6,9-10,20H,7-8H2,1-3H3,(H,17,18,21);1-3,8-9,13,15H,4-6H2;6-7,12H,4-5H2,1-3H3,(H,13,14);1-3H,(H2,7,8);4*1H4;1H;;;1H2/t18-,21-;;9-,10-;8-,9-;6-,7-;;;;;;;;;/m0.000........./s1. The number of amides is 5. The van der Waals surface area contributed by atoms with E-state index in [0.717, 1.165) is 50.9 Å². The highest BCUT2D eigenvalue weighted by atomic mass is 79.9. The van der Waals surface area contributed by atoms with Crippen LogP contribution in [0.3, 0.4) is 0 Å². The van der Waals surface area contributed by atoms with Gasteiger partial charge in [-0.25, -0.2) is 54.3 Å². The Labute approximate surface area is 851 Å². The summed E-state index contributed by atoms with van der Waals surface area (Å²) in [5.74, 6) is -1.19. The zero-order valence-electron chi connectivity index (χ0n) is 71.9. The van der Waals surface area contributed by atoms with Crippen LogP contribution in [0.1, 0.15) is 149 Å². The number of carboxylic acid groups (broad SMARTS) is 2. The number of aliphatic carboxylic acids is 2. The molecular formula is C87H112Br4ClN19O18S6. The fraction of sp³-hybridized carbons (Fsp3) is 0.402. The first-order chi connectivity index (χ1) is 60.8. The maximum Gasteiger partial charge on any atom is 0.411 e. The fourth-order valence-corrected chi connectivity index (χ4v) is 14.4. The highest BCUT2D eigenvalue weighted by Crippen LogP contribution is 2.32. The molecule has 135 heavy (non-hydrogen) atoms. The van der Waals surface area contributed by atoms with Gasteiger partial charge in [0.2, 0.25) is 17.7 Å². The molecule has 2 aromatic carbocycles. The van der Waals surface area contributed by atoms with E-state index in [1.807, 2.05) is 48.5 Å². The fourth-order valence-electron chi connectivity index (χ4n) is 13.0. The summed E-state index contributed by atoms with van der Waals surface area (Å²) >= 11 is 28.5. The summed E-state index contributed by atoms with van der Waals surface area (Å²) in [6.07, 6.45) is 3.85. The lowest BCUT2D eigenvalue weighted by Crippen LogP contribution is -2.45. The van der Waals surface area contributed by atoms with E-state index in [1.54, 1.807) is 141 Å². The van der Waals surface area contributed by atoms with Crippen LogP contribution in [0.5, 0.6) is 0 Å². The van der Waals surface area contributed by atoms with Crippen molar-refractivity contribution in [3.63, 3.8) is 0 Å². The van der Waals surface area contributed by atoms with Gasteiger partial charge in [0.15, 0.2) is 17.3 Å². The first-order valence-corrected chi connectivity index (χ1v) is 46.3. The number of rotatable bonds is 16. The lowest BCUT2D eigenvalue weighted by molar-refractivity contribution is -0.142. The summed E-state index contributed by atoms with van der Waals surface area (Å²) in [6, 6.07) is 29.1. The second kappa shape index (κ2) is 58.1. The van der Waals surface area contributed by atoms with E-state index in [4.69, 9.17) is 25.4 Å². The molecule has 0 spiro atoms. The molecule has 734 valence electrons. The van der Waals surface area contributed by atoms with E-state index in [2.05, 4.69) is 174 Å². The van der Waals surface area contributed by atoms with Crippen molar-refractivity contribution in [2.75, 3.05) is 42.5 Å². The summed E-state index contributed by atoms with van der Waals surface area (Å²) in [6.45, 7) is 16.9. The average molecular weight is 2260 g/mol. The number of likely N-dealkylation sites (tertiary alicyclic amines) is 3. The highest BCUT2D eigenvalue weighted by molar-refractivity contribution is 9.11. The van der Waals surface area contributed by atoms with Gasteiger partial charge in [0, 0.05) is 152 Å². The number of β-amino-alcohol motifs (C(OH)–C–C–N with tert-alkyl or cyclic N) is 4. The number of nitrogens with one attached hydrogen (secondary N) is 3. The third-order valence-corrected chi connectivity index (χ3v) is 20.3. The average Bonchev–Trinajstić information content (AvgIpc) is 1.63. The van der Waals surface area contributed by atoms with Gasteiger partial charge in [-0.2, -0.15) is 23.7 Å². The molecule has 12 heterocycles. The Morgan fingerprint density at radius 2 is 0.919 bits per heavy atom. The number of nitrogens with two attached hydrogens (primary N) is 1. The Bertz CT molecular complexity index is 5700. The summed E-state index contributed by atoms with van der Waals surface area (Å²) < 4.78 is 15.8. The molecule has 8 aromatic heterocycles. The Morgan fingerprint density at radius 1 is 0.519 bits per heavy atom. The van der Waals surface area contributed by atoms with Gasteiger partial charge < -0.3 is 66.7 Å². The van der Waals surface area contributed by atoms with Gasteiger partial charge in [-0.3, -0.25) is 52.7 Å². The zero-order chi connectivity index (χ0) is 95.5. The molecule has 37 nitrogen and oxygen atoms in total. The van der Waals surface area contributed by atoms with E-state index >= 15 is 0 Å². The molecule has 4 aliphatic heterocycles. The Hall–Kier alpha value is -9.70. The number of nitrogens with zero attached hydrogens (tertiary/aromatic N) is 15. The quantitative estimate of drug-likeness (QED) is 0.0317. The van der Waals surface area contributed by atoms with Crippen LogP contribution in [-0.4, -0.2) is 250 Å². The van der Waals surface area contributed by atoms with Crippen molar-refractivity contribution >= 4 is 242 Å². The number of ketones is 3. The van der Waals surface area contributed by atoms with Gasteiger partial charge in [-0.1, -0.05) is 66.1 Å². The molecule has 10 aromatic rings. The third kappa shape index (κ3) is 38.7. The largest absolute Gasteiger partial charge is 0.480 e. The number of nitrogen functional groups attached to an aromatic ring is 1. The number of fused-ring (bicyclic) bond motifs is 2. The Morgan fingerprint density at radius 3 is 1.33 bits per heavy atom. The molecule has 11 N–H and O–H groups in total. The molecule has 4 aliphatic rings. The number of carboxylic acids is 2. The molecule has 5 amide bonds. The van der Waals surface area contributed by atoms with Gasteiger partial charge in [0.05, 0.1) is 61.0 Å². The van der Waals surface area contributed by atoms with Gasteiger partial charge in [0.1, 0.15) is 101 Å². The van der Waals surface area contributed by atoms with Crippen LogP contribution < -0.4 is 21.7 Å². The van der Waals surface area contributed by atoms with E-state index in [0.29, 0.717) is 79.5 Å². The number of halogens is 5. The van der Waals surface area contributed by atoms with Gasteiger partial charge in [-0.05, 0) is 209 Å². The van der Waals surface area contributed by atoms with Crippen LogP contribution in [0.15, 0.2) is 152 Å². The second-order valence-electron chi connectivity index (χ2n) is 31.0. The van der Waals surface area contributed by atoms with Crippen LogP contribution >= 0.6 is 89.6 Å². The molecule has 48 heteroatoms. The minimum Gasteiger partial charge on any atom is -0.480 e. The Balaban J connectivity index is 0.000000833. The number of aromatic nitrogens is 12. The number of ether oxygens (including phenoxy) is 2. The number of Topliss-reactive ketones (excluding diaryl/α,β-unsaturated/α-hetero) is 3. The van der Waals surface area contributed by atoms with E-state index in [-0.39, 0.29) is 142 Å². The van der Waals surface area contributed by atoms with Gasteiger partial charge in [-0.15, -0.1) is 12.4 Å². The van der Waals surface area contributed by atoms with E-state index in [9.17, 15) is 68.4 Å². The number of aryl methyl sites for hydroxylation is 2. The topological polar surface area (TPSA) is 521 Å². The summed E-state index contributed by atoms with van der Waals surface area (Å²) in [7, 11) is 0.917. The number of hydrogen-bond donors (Lipinski definition) is 10. The molecule has 0 unspecified atom stereocenters. The van der Waals surface area contributed by atoms with Crippen LogP contribution in [0.2, 0.25) is 0 Å². The lowest BCUT2D eigenvalue weighted by atomic mass is 10.0. The van der Waals surface area contributed by atoms with Crippen LogP contribution in [0.25, 0.3) is 44.1 Å². The number of aliphatic hydroxyl groups excluding tert-OH is 4. The molecular weight excluding hydrogens is 2150 g/mol. The number of pyridine rings is 4. The highest BCUT2D eigenvalue weighted by Gasteiger charge is 2.44. The monoisotopic (exact) mass is 2250 g/mol. The molecule has 0 saturated carbocycles. The predicted octanol–water partition coefficient (Wildman–Crippen LogP) is 12.6. The number of benzene rings is 2. The maximum absolute atomic E-state index is 13.4. The molecule has 0 aliphatic carbocycles. The predicted molar refractivity (Wildman–Crippen MR) is 549 cm³/mol. The first-order valence-electron chi connectivity index (χ1n) is 39.1. The maximum atomic E-state index is 13.4. The lowest BCUT2D eigenvalue weighted by Gasteiger charge is -2.27. The van der Waals surface area contributed by atoms with Crippen LogP contribution in [0.4, 0.5) is 27.0 Å². The summed E-state index contributed by atoms with van der Waals surface area (Å²) in [4.78, 5) is 157. The third-order valence-electron chi connectivity index (χ3n) is 18.6. The number of hydrogen-bond acceptors (Lipinski definition) is 32. The molecule has 4 saturated heterocycles. The minimum atomic E-state index is -1.12. The normalized spacial score (nSPS) is 16.9. The molecule has 8 atom stereocenters. The van der Waals surface area contributed by atoms with Crippen LogP contribution in [0, 0.1) is 13.8 Å². The first kappa shape index (κ1) is 123. The molecule has 4 fully saturated rings.